The molecule has 0 saturated carbocycles. The Bertz CT molecular complexity index is 525. The van der Waals surface area contributed by atoms with E-state index in [-0.39, 0.29) is 18.9 Å². The quantitative estimate of drug-likeness (QED) is 0.751. The van der Waals surface area contributed by atoms with Gasteiger partial charge in [-0.1, -0.05) is 0 Å². The summed E-state index contributed by atoms with van der Waals surface area (Å²) in [5.74, 6) is -0.517. The number of carbonyl (C=O) groups excluding carboxylic acids is 1. The minimum absolute atomic E-state index is 0.0178. The maximum atomic E-state index is 12.4. The molecule has 2 fully saturated rings. The normalized spacial score (nSPS) is 22.0. The minimum Gasteiger partial charge on any atom is -0.347 e. The van der Waals surface area contributed by atoms with Crippen LogP contribution in [0.1, 0.15) is 40.0 Å². The van der Waals surface area contributed by atoms with Crippen LogP contribution in [0.25, 0.3) is 0 Å². The fourth-order valence-corrected chi connectivity index (χ4v) is 4.65. The lowest BCUT2D eigenvalue weighted by Gasteiger charge is -2.38. The van der Waals surface area contributed by atoms with Crippen molar-refractivity contribution < 1.29 is 22.7 Å². The highest BCUT2D eigenvalue weighted by Crippen LogP contribution is 2.31. The number of hydrogen-bond acceptors (Lipinski definition) is 5. The molecule has 0 aromatic carbocycles. The van der Waals surface area contributed by atoms with Crippen molar-refractivity contribution in [2.75, 3.05) is 39.1 Å². The van der Waals surface area contributed by atoms with Crippen molar-refractivity contribution in [3.63, 3.8) is 0 Å². The van der Waals surface area contributed by atoms with Gasteiger partial charge in [0.2, 0.25) is 15.9 Å². The van der Waals surface area contributed by atoms with Gasteiger partial charge >= 0.3 is 0 Å². The van der Waals surface area contributed by atoms with Crippen LogP contribution in [0.15, 0.2) is 0 Å². The second kappa shape index (κ2) is 6.66. The zero-order chi connectivity index (χ0) is 17.3. The van der Waals surface area contributed by atoms with Crippen molar-refractivity contribution in [3.8, 4) is 0 Å². The van der Waals surface area contributed by atoms with Crippen molar-refractivity contribution in [2.45, 2.75) is 51.4 Å². The number of carbonyl (C=O) groups is 1. The summed E-state index contributed by atoms with van der Waals surface area (Å²) in [6.45, 7) is 8.11. The standard InChI is InChI=1S/C15H28N2O5S/c1-14(2,3)17(23(4,19)20)8-5-13(18)16-9-6-15(7-10-16)21-11-12-22-15/h5-12H2,1-4H3. The Morgan fingerprint density at radius 2 is 1.70 bits per heavy atom. The van der Waals surface area contributed by atoms with Crippen LogP contribution in [0.2, 0.25) is 0 Å². The van der Waals surface area contributed by atoms with Crippen LogP contribution < -0.4 is 0 Å². The summed E-state index contributed by atoms with van der Waals surface area (Å²) in [5, 5.41) is 0. The third kappa shape index (κ3) is 4.65. The summed E-state index contributed by atoms with van der Waals surface area (Å²) in [4.78, 5) is 14.2. The van der Waals surface area contributed by atoms with E-state index in [1.54, 1.807) is 4.90 Å². The van der Waals surface area contributed by atoms with Crippen LogP contribution in [0.4, 0.5) is 0 Å². The van der Waals surface area contributed by atoms with E-state index in [0.29, 0.717) is 39.1 Å². The summed E-state index contributed by atoms with van der Waals surface area (Å²) in [5.41, 5.74) is -0.536. The van der Waals surface area contributed by atoms with Gasteiger partial charge in [0.05, 0.1) is 19.5 Å². The molecule has 1 spiro atoms. The number of hydrogen-bond donors (Lipinski definition) is 0. The zero-order valence-electron chi connectivity index (χ0n) is 14.5. The third-order valence-corrected chi connectivity index (χ3v) is 5.90. The van der Waals surface area contributed by atoms with Gasteiger partial charge in [0.1, 0.15) is 0 Å². The molecule has 0 unspecified atom stereocenters. The topological polar surface area (TPSA) is 76.2 Å². The van der Waals surface area contributed by atoms with Crippen molar-refractivity contribution in [1.82, 2.24) is 9.21 Å². The summed E-state index contributed by atoms with van der Waals surface area (Å²) in [6.07, 6.45) is 2.73. The molecule has 1 amide bonds. The molecule has 0 aromatic rings. The lowest BCUT2D eigenvalue weighted by atomic mass is 10.0. The molecule has 134 valence electrons. The second-order valence-electron chi connectivity index (χ2n) is 7.24. The monoisotopic (exact) mass is 348 g/mol. The number of rotatable bonds is 4. The van der Waals surface area contributed by atoms with E-state index in [1.165, 1.54) is 10.6 Å². The molecule has 0 aliphatic carbocycles. The van der Waals surface area contributed by atoms with Crippen LogP contribution in [0, 0.1) is 0 Å². The van der Waals surface area contributed by atoms with E-state index in [9.17, 15) is 13.2 Å². The molecule has 2 aliphatic rings. The summed E-state index contributed by atoms with van der Waals surface area (Å²) < 4.78 is 36.5. The first-order valence-corrected chi connectivity index (χ1v) is 9.92. The Labute approximate surface area is 139 Å². The molecule has 0 bridgehead atoms. The first-order chi connectivity index (χ1) is 10.5. The molecular weight excluding hydrogens is 320 g/mol. The number of sulfonamides is 1. The largest absolute Gasteiger partial charge is 0.347 e. The molecular formula is C15H28N2O5S. The molecule has 8 heteroatoms. The van der Waals surface area contributed by atoms with Gasteiger partial charge in [0.15, 0.2) is 5.79 Å². The van der Waals surface area contributed by atoms with Crippen molar-refractivity contribution in [2.24, 2.45) is 0 Å². The van der Waals surface area contributed by atoms with Gasteiger partial charge in [-0.25, -0.2) is 8.42 Å². The van der Waals surface area contributed by atoms with E-state index in [2.05, 4.69) is 0 Å². The van der Waals surface area contributed by atoms with E-state index in [4.69, 9.17) is 9.47 Å². The predicted molar refractivity (Wildman–Crippen MR) is 86.4 cm³/mol. The van der Waals surface area contributed by atoms with Gasteiger partial charge < -0.3 is 14.4 Å². The van der Waals surface area contributed by atoms with Crippen molar-refractivity contribution in [1.29, 1.82) is 0 Å². The molecule has 2 heterocycles. The van der Waals surface area contributed by atoms with Gasteiger partial charge in [-0.3, -0.25) is 4.79 Å². The molecule has 0 aromatic heterocycles. The summed E-state index contributed by atoms with van der Waals surface area (Å²) in [7, 11) is -3.34. The van der Waals surface area contributed by atoms with Gasteiger partial charge in [-0.05, 0) is 20.8 Å². The number of piperidine rings is 1. The van der Waals surface area contributed by atoms with E-state index in [0.717, 1.165) is 0 Å². The van der Waals surface area contributed by atoms with E-state index < -0.39 is 21.3 Å². The Hall–Kier alpha value is -0.700. The van der Waals surface area contributed by atoms with Crippen LogP contribution in [0.5, 0.6) is 0 Å². The Kier molecular flexibility index (Phi) is 5.40. The number of likely N-dealkylation sites (tertiary alicyclic amines) is 1. The highest BCUT2D eigenvalue weighted by molar-refractivity contribution is 7.88. The van der Waals surface area contributed by atoms with Gasteiger partial charge in [0, 0.05) is 44.4 Å². The van der Waals surface area contributed by atoms with Gasteiger partial charge in [-0.15, -0.1) is 0 Å². The fourth-order valence-electron chi connectivity index (χ4n) is 3.24. The first-order valence-electron chi connectivity index (χ1n) is 8.07. The Morgan fingerprint density at radius 3 is 2.13 bits per heavy atom. The SMILES string of the molecule is CC(C)(C)N(CCC(=O)N1CCC2(CC1)OCCO2)S(C)(=O)=O. The Balaban J connectivity index is 1.87. The van der Waals surface area contributed by atoms with Crippen LogP contribution in [-0.2, 0) is 24.3 Å². The van der Waals surface area contributed by atoms with Crippen LogP contribution in [0.3, 0.4) is 0 Å². The molecule has 2 rings (SSSR count). The number of ether oxygens (including phenoxy) is 2. The second-order valence-corrected chi connectivity index (χ2v) is 9.15. The molecule has 2 saturated heterocycles. The average Bonchev–Trinajstić information content (AvgIpc) is 2.84. The molecule has 0 radical (unpaired) electrons. The van der Waals surface area contributed by atoms with E-state index >= 15 is 0 Å². The van der Waals surface area contributed by atoms with Crippen LogP contribution in [-0.4, -0.2) is 74.0 Å². The number of amides is 1. The molecule has 7 nitrogen and oxygen atoms in total. The summed E-state index contributed by atoms with van der Waals surface area (Å²) in [6, 6.07) is 0. The predicted octanol–water partition coefficient (Wildman–Crippen LogP) is 0.802. The van der Waals surface area contributed by atoms with Crippen LogP contribution >= 0.6 is 0 Å². The molecule has 0 atom stereocenters. The summed E-state index contributed by atoms with van der Waals surface area (Å²) >= 11 is 0. The lowest BCUT2D eigenvalue weighted by molar-refractivity contribution is -0.187. The number of nitrogens with zero attached hydrogens (tertiary/aromatic N) is 2. The maximum absolute atomic E-state index is 12.4. The zero-order valence-corrected chi connectivity index (χ0v) is 15.3. The minimum atomic E-state index is -3.34. The average molecular weight is 348 g/mol. The Morgan fingerprint density at radius 1 is 1.17 bits per heavy atom. The van der Waals surface area contributed by atoms with E-state index in [1.807, 2.05) is 20.8 Å². The molecule has 2 aliphatic heterocycles. The third-order valence-electron chi connectivity index (χ3n) is 4.37. The van der Waals surface area contributed by atoms with Gasteiger partial charge in [0.25, 0.3) is 0 Å². The smallest absolute Gasteiger partial charge is 0.223 e. The highest BCUT2D eigenvalue weighted by atomic mass is 32.2. The van der Waals surface area contributed by atoms with Crippen molar-refractivity contribution in [3.05, 3.63) is 0 Å². The van der Waals surface area contributed by atoms with Crippen molar-refractivity contribution >= 4 is 15.9 Å². The highest BCUT2D eigenvalue weighted by Gasteiger charge is 2.41. The fraction of sp³-hybridized carbons (Fsp3) is 0.933. The maximum Gasteiger partial charge on any atom is 0.223 e. The van der Waals surface area contributed by atoms with Gasteiger partial charge in [-0.2, -0.15) is 4.31 Å². The molecule has 0 N–H and O–H groups in total. The lowest BCUT2D eigenvalue weighted by Crippen LogP contribution is -2.49. The first kappa shape index (κ1) is 18.6. The molecule has 23 heavy (non-hydrogen) atoms.